The molecule has 0 aliphatic rings. The molecule has 0 N–H and O–H groups in total. The summed E-state index contributed by atoms with van der Waals surface area (Å²) in [7, 11) is 28.7. The zero-order valence-electron chi connectivity index (χ0n) is 10.6. The predicted octanol–water partition coefficient (Wildman–Crippen LogP) is 5.09. The third kappa shape index (κ3) is 24.0. The van der Waals surface area contributed by atoms with Gasteiger partial charge < -0.3 is 4.84 Å². The Balaban J connectivity index is 0.000000441. The van der Waals surface area contributed by atoms with E-state index >= 15 is 0 Å². The number of oxime groups is 1. The Kier molecular flexibility index (Phi) is 7.80. The quantitative estimate of drug-likeness (QED) is 0.182. The molecule has 0 atom stereocenters. The van der Waals surface area contributed by atoms with Crippen LogP contribution >= 0.6 is 53.0 Å². The van der Waals surface area contributed by atoms with E-state index in [1.807, 2.05) is 44.4 Å². The van der Waals surface area contributed by atoms with Gasteiger partial charge in [-0.1, -0.05) is 35.5 Å². The minimum absolute atomic E-state index is 1.02. The molecule has 0 heterocycles. The fourth-order valence-corrected chi connectivity index (χ4v) is 0.752. The van der Waals surface area contributed by atoms with E-state index in [-0.39, 0.29) is 0 Å². The first-order valence-corrected chi connectivity index (χ1v) is 24.4. The van der Waals surface area contributed by atoms with Crippen LogP contribution in [0.1, 0.15) is 5.56 Å². The molecule has 0 unspecified atom stereocenters. The van der Waals surface area contributed by atoms with Crippen molar-refractivity contribution in [3.8, 4) is 0 Å². The van der Waals surface area contributed by atoms with Gasteiger partial charge in [0.05, 0.1) is 6.21 Å². The van der Waals surface area contributed by atoms with Crippen LogP contribution in [0.4, 0.5) is 0 Å². The topological polar surface area (TPSA) is 24.6 Å². The molecule has 1 aromatic carbocycles. The molecule has 1 rings (SSSR count). The van der Waals surface area contributed by atoms with E-state index in [0.29, 0.717) is 0 Å². The van der Waals surface area contributed by atoms with E-state index in [1.165, 1.54) is 6.40 Å². The fraction of sp³-hybridized carbons (Fsp3) is 0.200. The van der Waals surface area contributed by atoms with E-state index in [1.54, 1.807) is 10.8 Å². The molecule has 0 radical (unpaired) electrons. The molecule has 0 saturated heterocycles. The Bertz CT molecular complexity index is 467. The zero-order chi connectivity index (χ0) is 15.9. The van der Waals surface area contributed by atoms with Gasteiger partial charge in [0.1, 0.15) is 14.1 Å². The molecule has 0 spiro atoms. The molecule has 0 amide bonds. The van der Waals surface area contributed by atoms with Gasteiger partial charge in [-0.3, -0.25) is 0 Å². The molecule has 0 aliphatic heterocycles. The second kappa shape index (κ2) is 7.46. The molecule has 10 heteroatoms. The van der Waals surface area contributed by atoms with Gasteiger partial charge >= 0.3 is 68.5 Å². The minimum atomic E-state index is -5.42. The van der Waals surface area contributed by atoms with Crippen molar-refractivity contribution in [2.24, 2.45) is 5.16 Å². The summed E-state index contributed by atoms with van der Waals surface area (Å²) in [6.07, 6.45) is 3.19. The van der Waals surface area contributed by atoms with Crippen molar-refractivity contribution in [3.05, 3.63) is 35.9 Å². The normalized spacial score (nSPS) is 14.6. The van der Waals surface area contributed by atoms with Crippen molar-refractivity contribution in [2.75, 3.05) is 14.1 Å². The summed E-state index contributed by atoms with van der Waals surface area (Å²) in [6, 6.07) is 9.79. The summed E-state index contributed by atoms with van der Waals surface area (Å²) in [5.41, 5.74) is 1.02. The molecule has 0 fully saturated rings. The summed E-state index contributed by atoms with van der Waals surface area (Å²) >= 11 is 0. The Morgan fingerprint density at radius 2 is 1.45 bits per heavy atom. The Labute approximate surface area is 138 Å². The number of rotatable bonds is 3. The van der Waals surface area contributed by atoms with Crippen molar-refractivity contribution in [2.45, 2.75) is 0 Å². The molecule has 3 nitrogen and oxygen atoms in total. The Hall–Kier alpha value is 0.918. The van der Waals surface area contributed by atoms with Gasteiger partial charge in [0.25, 0.3) is 0 Å². The van der Waals surface area contributed by atoms with Crippen LogP contribution in [0.5, 0.6) is 0 Å². The maximum absolute atomic E-state index is 5.42. The van der Waals surface area contributed by atoms with Gasteiger partial charge in [0.2, 0.25) is 0 Å². The van der Waals surface area contributed by atoms with Crippen molar-refractivity contribution in [1.29, 1.82) is 0 Å². The number of benzene rings is 1. The standard InChI is InChI=1S/C10H13N2O.6ClH.Sb/c1-12(2)9-13-11-8-10-6-4-3-5-7-10;;;;;;;/h3-9H,1-2H3;6*1H;/q+1;;;;;;;+5/p-6/b11-8+;;;;;;;. The summed E-state index contributed by atoms with van der Waals surface area (Å²) in [6.45, 7) is 0. The Morgan fingerprint density at radius 1 is 1.00 bits per heavy atom. The third-order valence-corrected chi connectivity index (χ3v) is 1.32. The van der Waals surface area contributed by atoms with Gasteiger partial charge in [0.15, 0.2) is 0 Å². The van der Waals surface area contributed by atoms with Crippen LogP contribution in [0.15, 0.2) is 35.5 Å². The molecule has 116 valence electrons. The van der Waals surface area contributed by atoms with Gasteiger partial charge in [-0.25, -0.2) is 4.58 Å². The number of hydrogen-bond acceptors (Lipinski definition) is 2. The molecule has 0 aromatic heterocycles. The summed E-state index contributed by atoms with van der Waals surface area (Å²) in [5, 5.41) is 3.76. The van der Waals surface area contributed by atoms with E-state index in [4.69, 9.17) is 57.8 Å². The molecule has 20 heavy (non-hydrogen) atoms. The van der Waals surface area contributed by atoms with E-state index < -0.39 is 9.14 Å². The van der Waals surface area contributed by atoms with Crippen LogP contribution in [0, 0.1) is 0 Å². The van der Waals surface area contributed by atoms with Gasteiger partial charge in [0, 0.05) is 0 Å². The Morgan fingerprint density at radius 3 is 1.85 bits per heavy atom. The van der Waals surface area contributed by atoms with Gasteiger partial charge in [-0.2, -0.15) is 0 Å². The second-order valence-corrected chi connectivity index (χ2v) is 60.7. The van der Waals surface area contributed by atoms with Crippen LogP contribution < -0.4 is 0 Å². The first-order valence-electron chi connectivity index (χ1n) is 5.04. The number of halogens is 6. The maximum atomic E-state index is 5.06. The first-order chi connectivity index (χ1) is 8.74. The molecular weight excluding hydrogens is 499 g/mol. The summed E-state index contributed by atoms with van der Waals surface area (Å²) in [5.74, 6) is 0. The van der Waals surface area contributed by atoms with Crippen molar-refractivity contribution in [1.82, 2.24) is 0 Å². The SMILES string of the molecule is C[N+](C)=CO/N=C/c1ccccc1.[Cl][Sb-]([Cl])([Cl])([Cl])([Cl])[Cl]. The van der Waals surface area contributed by atoms with Crippen molar-refractivity contribution < 1.29 is 9.41 Å². The zero-order valence-corrected chi connectivity index (χ0v) is 17.6. The molecule has 0 aliphatic carbocycles. The second-order valence-electron chi connectivity index (χ2n) is 3.78. The monoisotopic (exact) mass is 508 g/mol. The predicted molar refractivity (Wildman–Crippen MR) is 94.2 cm³/mol. The fourth-order valence-electron chi connectivity index (χ4n) is 0.752. The van der Waals surface area contributed by atoms with Crippen LogP contribution in [-0.2, 0) is 4.84 Å². The average molecular weight is 512 g/mol. The number of hydrogen-bond donors (Lipinski definition) is 0. The molecule has 0 saturated carbocycles. The van der Waals surface area contributed by atoms with Gasteiger partial charge in [-0.15, -0.1) is 0 Å². The molecule has 1 aromatic rings. The van der Waals surface area contributed by atoms with Crippen LogP contribution in [-0.4, -0.2) is 40.4 Å². The summed E-state index contributed by atoms with van der Waals surface area (Å²) in [4.78, 5) is 4.87. The van der Waals surface area contributed by atoms with Gasteiger partial charge in [-0.05, 0) is 5.56 Å². The molecular formula is C10H13Cl6N2OSb. The number of nitrogens with zero attached hydrogens (tertiary/aromatic N) is 2. The van der Waals surface area contributed by atoms with E-state index in [2.05, 4.69) is 5.16 Å². The van der Waals surface area contributed by atoms with E-state index in [9.17, 15) is 0 Å². The van der Waals surface area contributed by atoms with E-state index in [0.717, 1.165) is 5.56 Å². The van der Waals surface area contributed by atoms with Crippen molar-refractivity contribution in [3.63, 3.8) is 0 Å². The third-order valence-electron chi connectivity index (χ3n) is 1.32. The summed E-state index contributed by atoms with van der Waals surface area (Å²) < 4.78 is 1.78. The van der Waals surface area contributed by atoms with Crippen LogP contribution in [0.25, 0.3) is 0 Å². The first kappa shape index (κ1) is 20.9. The van der Waals surface area contributed by atoms with Crippen LogP contribution in [0.2, 0.25) is 0 Å². The average Bonchev–Trinajstić information content (AvgIpc) is 2.21. The van der Waals surface area contributed by atoms with Crippen LogP contribution in [0.3, 0.4) is 0 Å². The van der Waals surface area contributed by atoms with Crippen molar-refractivity contribution >= 4 is 74.7 Å². The molecule has 0 bridgehead atoms.